The fourth-order valence-electron chi connectivity index (χ4n) is 1.04. The Morgan fingerprint density at radius 1 is 1.58 bits per heavy atom. The maximum Gasteiger partial charge on any atom is 0.328 e. The summed E-state index contributed by atoms with van der Waals surface area (Å²) in [6.07, 6.45) is 2.31. The van der Waals surface area contributed by atoms with Crippen LogP contribution in [0.4, 0.5) is 8.78 Å². The summed E-state index contributed by atoms with van der Waals surface area (Å²) in [6, 6.07) is 0. The molecule has 1 N–H and O–H groups in total. The molecule has 0 aliphatic carbocycles. The second-order valence-corrected chi connectivity index (χ2v) is 2.77. The molecule has 0 aromatic carbocycles. The van der Waals surface area contributed by atoms with Crippen molar-refractivity contribution in [2.75, 3.05) is 19.6 Å². The third kappa shape index (κ3) is 2.58. The molecule has 1 aliphatic heterocycles. The number of hydrogen-bond acceptors (Lipinski definition) is 2. The highest BCUT2D eigenvalue weighted by Crippen LogP contribution is 2.25. The van der Waals surface area contributed by atoms with Crippen molar-refractivity contribution < 1.29 is 18.7 Å². The Morgan fingerprint density at radius 3 is 2.58 bits per heavy atom. The Balaban J connectivity index is 2.16. The smallest absolute Gasteiger partial charge is 0.328 e. The highest BCUT2D eigenvalue weighted by atomic mass is 19.3. The molecule has 1 rings (SSSR count). The van der Waals surface area contributed by atoms with E-state index in [0.717, 1.165) is 6.08 Å². The normalized spacial score (nSPS) is 22.5. The lowest BCUT2D eigenvalue weighted by molar-refractivity contribution is -0.131. The van der Waals surface area contributed by atoms with E-state index in [1.54, 1.807) is 0 Å². The second-order valence-electron chi connectivity index (χ2n) is 2.77. The average molecular weight is 177 g/mol. The molecule has 0 aromatic rings. The van der Waals surface area contributed by atoms with Crippen molar-refractivity contribution in [2.24, 2.45) is 0 Å². The van der Waals surface area contributed by atoms with Crippen LogP contribution in [0.2, 0.25) is 0 Å². The monoisotopic (exact) mass is 177 g/mol. The maximum atomic E-state index is 12.2. The third-order valence-corrected chi connectivity index (χ3v) is 1.53. The molecule has 0 atom stereocenters. The standard InChI is InChI=1S/C7H9F2NO2/c8-7(9)4-10(5-7)3-1-2-6(11)12/h1-2H,3-5H2,(H,11,12)/b2-1+. The van der Waals surface area contributed by atoms with Crippen molar-refractivity contribution in [2.45, 2.75) is 5.92 Å². The lowest BCUT2D eigenvalue weighted by Crippen LogP contribution is -2.55. The van der Waals surface area contributed by atoms with Crippen molar-refractivity contribution in [3.63, 3.8) is 0 Å². The van der Waals surface area contributed by atoms with Crippen LogP contribution in [-0.4, -0.2) is 41.5 Å². The highest BCUT2D eigenvalue weighted by Gasteiger charge is 2.42. The van der Waals surface area contributed by atoms with Crippen LogP contribution in [0.15, 0.2) is 12.2 Å². The SMILES string of the molecule is O=C(O)/C=C/CN1CC(F)(F)C1. The first-order chi connectivity index (χ1) is 5.49. The van der Waals surface area contributed by atoms with E-state index >= 15 is 0 Å². The van der Waals surface area contributed by atoms with Gasteiger partial charge in [-0.15, -0.1) is 0 Å². The number of hydrogen-bond donors (Lipinski definition) is 1. The third-order valence-electron chi connectivity index (χ3n) is 1.53. The Labute approximate surface area is 68.3 Å². The molecule has 0 saturated carbocycles. The van der Waals surface area contributed by atoms with Crippen molar-refractivity contribution in [1.29, 1.82) is 0 Å². The molecule has 0 aromatic heterocycles. The summed E-state index contributed by atoms with van der Waals surface area (Å²) in [5.41, 5.74) is 0. The second kappa shape index (κ2) is 3.18. The van der Waals surface area contributed by atoms with Crippen LogP contribution in [0.5, 0.6) is 0 Å². The summed E-state index contributed by atoms with van der Waals surface area (Å²) in [5, 5.41) is 8.17. The Kier molecular flexibility index (Phi) is 2.42. The van der Waals surface area contributed by atoms with Gasteiger partial charge in [0.2, 0.25) is 0 Å². The molecule has 1 saturated heterocycles. The predicted octanol–water partition coefficient (Wildman–Crippen LogP) is 0.578. The van der Waals surface area contributed by atoms with Crippen LogP contribution in [0.25, 0.3) is 0 Å². The van der Waals surface area contributed by atoms with Crippen LogP contribution in [0.3, 0.4) is 0 Å². The minimum absolute atomic E-state index is 0.267. The van der Waals surface area contributed by atoms with Gasteiger partial charge in [0.1, 0.15) is 0 Å². The van der Waals surface area contributed by atoms with Crippen LogP contribution in [-0.2, 0) is 4.79 Å². The first-order valence-electron chi connectivity index (χ1n) is 3.49. The number of likely N-dealkylation sites (tertiary alicyclic amines) is 1. The minimum atomic E-state index is -2.57. The molecule has 5 heteroatoms. The average Bonchev–Trinajstić information content (AvgIpc) is 1.82. The van der Waals surface area contributed by atoms with Gasteiger partial charge in [-0.05, 0) is 0 Å². The van der Waals surface area contributed by atoms with Gasteiger partial charge in [-0.1, -0.05) is 6.08 Å². The number of alkyl halides is 2. The number of carboxylic acid groups (broad SMARTS) is 1. The largest absolute Gasteiger partial charge is 0.478 e. The lowest BCUT2D eigenvalue weighted by Gasteiger charge is -2.37. The molecule has 3 nitrogen and oxygen atoms in total. The van der Waals surface area contributed by atoms with Crippen molar-refractivity contribution >= 4 is 5.97 Å². The molecule has 1 aliphatic rings. The van der Waals surface area contributed by atoms with Gasteiger partial charge < -0.3 is 5.11 Å². The fraction of sp³-hybridized carbons (Fsp3) is 0.571. The number of halogens is 2. The van der Waals surface area contributed by atoms with Crippen LogP contribution < -0.4 is 0 Å². The van der Waals surface area contributed by atoms with Gasteiger partial charge >= 0.3 is 5.97 Å². The van der Waals surface area contributed by atoms with Gasteiger partial charge in [0, 0.05) is 12.6 Å². The summed E-state index contributed by atoms with van der Waals surface area (Å²) in [5.74, 6) is -3.63. The summed E-state index contributed by atoms with van der Waals surface area (Å²) >= 11 is 0. The number of carboxylic acids is 1. The first kappa shape index (κ1) is 9.12. The van der Waals surface area contributed by atoms with Gasteiger partial charge in [-0.2, -0.15) is 0 Å². The fourth-order valence-corrected chi connectivity index (χ4v) is 1.04. The molecule has 1 heterocycles. The van der Waals surface area contributed by atoms with E-state index in [0.29, 0.717) is 0 Å². The zero-order valence-corrected chi connectivity index (χ0v) is 6.33. The molecule has 68 valence electrons. The Morgan fingerprint density at radius 2 is 2.17 bits per heavy atom. The summed E-state index contributed by atoms with van der Waals surface area (Å²) < 4.78 is 24.4. The first-order valence-corrected chi connectivity index (χ1v) is 3.49. The number of nitrogens with zero attached hydrogens (tertiary/aromatic N) is 1. The molecular formula is C7H9F2NO2. The predicted molar refractivity (Wildman–Crippen MR) is 38.2 cm³/mol. The maximum absolute atomic E-state index is 12.2. The minimum Gasteiger partial charge on any atom is -0.478 e. The quantitative estimate of drug-likeness (QED) is 0.641. The van der Waals surface area contributed by atoms with E-state index in [2.05, 4.69) is 0 Å². The molecule has 0 spiro atoms. The molecule has 12 heavy (non-hydrogen) atoms. The summed E-state index contributed by atoms with van der Waals surface area (Å²) in [6.45, 7) is -0.254. The van der Waals surface area contributed by atoms with Crippen LogP contribution in [0, 0.1) is 0 Å². The molecular weight excluding hydrogens is 168 g/mol. The van der Waals surface area contributed by atoms with Crippen molar-refractivity contribution in [3.8, 4) is 0 Å². The van der Waals surface area contributed by atoms with Crippen molar-refractivity contribution in [1.82, 2.24) is 4.90 Å². The summed E-state index contributed by atoms with van der Waals surface area (Å²) in [4.78, 5) is 11.4. The Bertz CT molecular complexity index is 207. The number of carbonyl (C=O) groups is 1. The van der Waals surface area contributed by atoms with Gasteiger partial charge in [-0.3, -0.25) is 4.90 Å². The van der Waals surface area contributed by atoms with Crippen LogP contribution >= 0.6 is 0 Å². The molecule has 0 amide bonds. The van der Waals surface area contributed by atoms with E-state index in [-0.39, 0.29) is 19.6 Å². The van der Waals surface area contributed by atoms with Crippen LogP contribution in [0.1, 0.15) is 0 Å². The molecule has 0 radical (unpaired) electrons. The molecule has 0 bridgehead atoms. The lowest BCUT2D eigenvalue weighted by atomic mass is 10.1. The van der Waals surface area contributed by atoms with Gasteiger partial charge in [0.05, 0.1) is 13.1 Å². The van der Waals surface area contributed by atoms with Gasteiger partial charge in [0.25, 0.3) is 5.92 Å². The van der Waals surface area contributed by atoms with Gasteiger partial charge in [-0.25, -0.2) is 13.6 Å². The number of aliphatic carboxylic acids is 1. The zero-order valence-electron chi connectivity index (χ0n) is 6.33. The molecule has 0 unspecified atom stereocenters. The topological polar surface area (TPSA) is 40.5 Å². The number of rotatable bonds is 3. The van der Waals surface area contributed by atoms with Gasteiger partial charge in [0.15, 0.2) is 0 Å². The summed E-state index contributed by atoms with van der Waals surface area (Å²) in [7, 11) is 0. The van der Waals surface area contributed by atoms with E-state index < -0.39 is 11.9 Å². The molecule has 1 fully saturated rings. The van der Waals surface area contributed by atoms with E-state index in [4.69, 9.17) is 5.11 Å². The zero-order chi connectivity index (χ0) is 9.19. The van der Waals surface area contributed by atoms with E-state index in [1.807, 2.05) is 0 Å². The highest BCUT2D eigenvalue weighted by molar-refractivity contribution is 5.79. The van der Waals surface area contributed by atoms with Crippen molar-refractivity contribution in [3.05, 3.63) is 12.2 Å². The van der Waals surface area contributed by atoms with E-state index in [1.165, 1.54) is 11.0 Å². The Hall–Kier alpha value is -0.970. The van der Waals surface area contributed by atoms with E-state index in [9.17, 15) is 13.6 Å².